The first-order valence-corrected chi connectivity index (χ1v) is 10.5. The van der Waals surface area contributed by atoms with Crippen molar-refractivity contribution in [3.63, 3.8) is 0 Å². The number of hydrogen-bond donors (Lipinski definition) is 2. The fourth-order valence-corrected chi connectivity index (χ4v) is 6.90. The highest BCUT2D eigenvalue weighted by atomic mass is 79.9. The highest BCUT2D eigenvalue weighted by Crippen LogP contribution is 2.33. The molecule has 0 amide bonds. The Morgan fingerprint density at radius 3 is 2.62 bits per heavy atom. The third-order valence-electron chi connectivity index (χ3n) is 4.12. The Morgan fingerprint density at radius 1 is 1.43 bits per heavy atom. The lowest BCUT2D eigenvalue weighted by Crippen LogP contribution is -2.40. The van der Waals surface area contributed by atoms with Crippen LogP contribution in [0.4, 0.5) is 0 Å². The number of thiophene rings is 1. The number of aliphatic hydroxyl groups is 1. The Hall–Kier alpha value is 0.0500. The van der Waals surface area contributed by atoms with Gasteiger partial charge < -0.3 is 5.11 Å². The van der Waals surface area contributed by atoms with Gasteiger partial charge in [-0.25, -0.2) is 13.1 Å². The van der Waals surface area contributed by atoms with Crippen LogP contribution in [0.15, 0.2) is 14.7 Å². The Labute approximate surface area is 139 Å². The van der Waals surface area contributed by atoms with Crippen LogP contribution in [-0.4, -0.2) is 19.6 Å². The molecule has 0 saturated heterocycles. The predicted octanol–water partition coefficient (Wildman–Crippen LogP) is 3.64. The molecule has 2 N–H and O–H groups in total. The summed E-state index contributed by atoms with van der Waals surface area (Å²) in [6.07, 6.45) is 6.66. The molecule has 21 heavy (non-hydrogen) atoms. The van der Waals surface area contributed by atoms with Gasteiger partial charge in [-0.05, 0) is 47.2 Å². The summed E-state index contributed by atoms with van der Waals surface area (Å²) < 4.78 is 28.6. The number of aliphatic hydroxyl groups excluding tert-OH is 1. The van der Waals surface area contributed by atoms with E-state index in [1.54, 1.807) is 6.07 Å². The van der Waals surface area contributed by atoms with Gasteiger partial charge >= 0.3 is 0 Å². The van der Waals surface area contributed by atoms with Crippen LogP contribution in [0.1, 0.15) is 50.3 Å². The van der Waals surface area contributed by atoms with Crippen LogP contribution in [0.3, 0.4) is 0 Å². The third kappa shape index (κ3) is 4.28. The van der Waals surface area contributed by atoms with E-state index in [-0.39, 0.29) is 17.5 Å². The standard InChI is InChI=1S/C14H22BrNO3S2/c1-2-12(10-6-4-3-5-7-10)16-21(18,19)13-8-11(9-17)20-14(13)15/h8,10,12,16-17H,2-7,9H2,1H3. The molecule has 2 rings (SSSR count). The van der Waals surface area contributed by atoms with Crippen molar-refractivity contribution in [3.8, 4) is 0 Å². The number of sulfonamides is 1. The summed E-state index contributed by atoms with van der Waals surface area (Å²) in [5.41, 5.74) is 0. The molecule has 4 nitrogen and oxygen atoms in total. The first kappa shape index (κ1) is 17.4. The minimum absolute atomic E-state index is 0.000300. The van der Waals surface area contributed by atoms with Crippen LogP contribution in [0.2, 0.25) is 0 Å². The van der Waals surface area contributed by atoms with Crippen molar-refractivity contribution in [2.45, 2.75) is 63.0 Å². The second kappa shape index (κ2) is 7.55. The fraction of sp³-hybridized carbons (Fsp3) is 0.714. The molecule has 0 spiro atoms. The van der Waals surface area contributed by atoms with E-state index in [1.807, 2.05) is 6.92 Å². The largest absolute Gasteiger partial charge is 0.391 e. The summed E-state index contributed by atoms with van der Waals surface area (Å²) in [6, 6.07) is 1.55. The van der Waals surface area contributed by atoms with Gasteiger partial charge in [0.05, 0.1) is 10.4 Å². The minimum Gasteiger partial charge on any atom is -0.391 e. The molecular weight excluding hydrogens is 374 g/mol. The van der Waals surface area contributed by atoms with E-state index >= 15 is 0 Å². The second-order valence-electron chi connectivity index (χ2n) is 5.54. The minimum atomic E-state index is -3.54. The van der Waals surface area contributed by atoms with Crippen molar-refractivity contribution in [2.24, 2.45) is 5.92 Å². The molecule has 1 heterocycles. The number of rotatable bonds is 6. The van der Waals surface area contributed by atoms with E-state index < -0.39 is 10.0 Å². The zero-order chi connectivity index (χ0) is 15.5. The molecule has 1 aliphatic carbocycles. The van der Waals surface area contributed by atoms with E-state index in [2.05, 4.69) is 20.7 Å². The molecule has 0 bridgehead atoms. The van der Waals surface area contributed by atoms with Crippen LogP contribution in [0.25, 0.3) is 0 Å². The maximum absolute atomic E-state index is 12.6. The van der Waals surface area contributed by atoms with Gasteiger partial charge in [0.15, 0.2) is 0 Å². The molecule has 1 aromatic rings. The quantitative estimate of drug-likeness (QED) is 0.772. The Morgan fingerprint density at radius 2 is 2.10 bits per heavy atom. The highest BCUT2D eigenvalue weighted by Gasteiger charge is 2.29. The lowest BCUT2D eigenvalue weighted by atomic mass is 9.83. The number of hydrogen-bond acceptors (Lipinski definition) is 4. The second-order valence-corrected chi connectivity index (χ2v) is 9.68. The van der Waals surface area contributed by atoms with Crippen molar-refractivity contribution >= 4 is 37.3 Å². The van der Waals surface area contributed by atoms with Gasteiger partial charge in [0, 0.05) is 10.9 Å². The van der Waals surface area contributed by atoms with Gasteiger partial charge in [-0.15, -0.1) is 11.3 Å². The molecule has 0 radical (unpaired) electrons. The zero-order valence-corrected chi connectivity index (χ0v) is 15.4. The molecule has 1 unspecified atom stereocenters. The Kier molecular flexibility index (Phi) is 6.25. The summed E-state index contributed by atoms with van der Waals surface area (Å²) in [6.45, 7) is 1.89. The van der Waals surface area contributed by atoms with Crippen molar-refractivity contribution in [1.29, 1.82) is 0 Å². The zero-order valence-electron chi connectivity index (χ0n) is 12.1. The Balaban J connectivity index is 2.16. The van der Waals surface area contributed by atoms with Crippen molar-refractivity contribution in [2.75, 3.05) is 0 Å². The lowest BCUT2D eigenvalue weighted by Gasteiger charge is -2.30. The van der Waals surface area contributed by atoms with E-state index in [9.17, 15) is 8.42 Å². The maximum atomic E-state index is 12.6. The first-order chi connectivity index (χ1) is 9.97. The van der Waals surface area contributed by atoms with Gasteiger partial charge in [-0.2, -0.15) is 0 Å². The van der Waals surface area contributed by atoms with Crippen molar-refractivity contribution < 1.29 is 13.5 Å². The molecule has 1 aliphatic rings. The summed E-state index contributed by atoms with van der Waals surface area (Å²) in [7, 11) is -3.54. The summed E-state index contributed by atoms with van der Waals surface area (Å²) in [5.74, 6) is 0.438. The van der Waals surface area contributed by atoms with Gasteiger partial charge in [0.1, 0.15) is 4.90 Å². The van der Waals surface area contributed by atoms with Crippen molar-refractivity contribution in [1.82, 2.24) is 4.72 Å². The molecular formula is C14H22BrNO3S2. The highest BCUT2D eigenvalue weighted by molar-refractivity contribution is 9.11. The van der Waals surface area contributed by atoms with E-state index in [0.717, 1.165) is 19.3 Å². The Bertz CT molecular complexity index is 565. The van der Waals surface area contributed by atoms with Crippen LogP contribution in [0.5, 0.6) is 0 Å². The topological polar surface area (TPSA) is 66.4 Å². The van der Waals surface area contributed by atoms with Crippen LogP contribution < -0.4 is 4.72 Å². The molecule has 1 aromatic heterocycles. The third-order valence-corrected chi connectivity index (χ3v) is 7.84. The van der Waals surface area contributed by atoms with Crippen LogP contribution in [0, 0.1) is 5.92 Å². The average molecular weight is 396 g/mol. The number of nitrogens with one attached hydrogen (secondary N) is 1. The lowest BCUT2D eigenvalue weighted by molar-refractivity contribution is 0.284. The molecule has 120 valence electrons. The maximum Gasteiger partial charge on any atom is 0.242 e. The monoisotopic (exact) mass is 395 g/mol. The van der Waals surface area contributed by atoms with Gasteiger partial charge in [0.25, 0.3) is 0 Å². The summed E-state index contributed by atoms with van der Waals surface area (Å²) in [4.78, 5) is 0.888. The molecule has 0 aliphatic heterocycles. The van der Waals surface area contributed by atoms with E-state index in [1.165, 1.54) is 30.6 Å². The molecule has 0 aromatic carbocycles. The van der Waals surface area contributed by atoms with Gasteiger partial charge in [-0.1, -0.05) is 26.2 Å². The normalized spacial score (nSPS) is 18.8. The van der Waals surface area contributed by atoms with E-state index in [4.69, 9.17) is 5.11 Å². The van der Waals surface area contributed by atoms with Gasteiger partial charge in [-0.3, -0.25) is 0 Å². The van der Waals surface area contributed by atoms with Crippen LogP contribution in [-0.2, 0) is 16.6 Å². The smallest absolute Gasteiger partial charge is 0.242 e. The first-order valence-electron chi connectivity index (χ1n) is 7.39. The molecule has 1 saturated carbocycles. The molecule has 1 atom stereocenters. The molecule has 1 fully saturated rings. The van der Waals surface area contributed by atoms with Crippen LogP contribution >= 0.6 is 27.3 Å². The summed E-state index contributed by atoms with van der Waals surface area (Å²) in [5, 5.41) is 9.15. The van der Waals surface area contributed by atoms with E-state index in [0.29, 0.717) is 14.6 Å². The van der Waals surface area contributed by atoms with Gasteiger partial charge in [0.2, 0.25) is 10.0 Å². The number of halogens is 1. The predicted molar refractivity (Wildman–Crippen MR) is 88.9 cm³/mol. The SMILES string of the molecule is CCC(NS(=O)(=O)c1cc(CO)sc1Br)C1CCCCC1. The summed E-state index contributed by atoms with van der Waals surface area (Å²) >= 11 is 4.55. The average Bonchev–Trinajstić information content (AvgIpc) is 2.88. The fourth-order valence-electron chi connectivity index (χ4n) is 2.97. The van der Waals surface area contributed by atoms with Crippen molar-refractivity contribution in [3.05, 3.63) is 14.7 Å². The molecule has 7 heteroatoms.